The number of nitrogens with zero attached hydrogens (tertiary/aromatic N) is 1. The van der Waals surface area contributed by atoms with Crippen LogP contribution in [0.5, 0.6) is 5.75 Å². The fourth-order valence-corrected chi connectivity index (χ4v) is 2.06. The number of carbonyl (C=O) groups excluding carboxylic acids is 1. The lowest BCUT2D eigenvalue weighted by Gasteiger charge is -2.23. The summed E-state index contributed by atoms with van der Waals surface area (Å²) in [5, 5.41) is 18.9. The molecule has 110 valence electrons. The van der Waals surface area contributed by atoms with Gasteiger partial charge in [-0.25, -0.2) is 0 Å². The maximum absolute atomic E-state index is 12.6. The van der Waals surface area contributed by atoms with Gasteiger partial charge in [-0.2, -0.15) is 0 Å². The smallest absolute Gasteiger partial charge is 0.258 e. The molecule has 2 aromatic carbocycles. The highest BCUT2D eigenvalue weighted by atomic mass is 16.3. The number of phenols is 1. The fraction of sp³-hybridized carbons (Fsp3) is 0.188. The fourth-order valence-electron chi connectivity index (χ4n) is 2.06. The van der Waals surface area contributed by atoms with Crippen molar-refractivity contribution in [3.63, 3.8) is 0 Å². The van der Waals surface area contributed by atoms with Crippen LogP contribution in [0.4, 0.5) is 11.4 Å². The number of hydrogen-bond donors (Lipinski definition) is 3. The Kier molecular flexibility index (Phi) is 4.45. The van der Waals surface area contributed by atoms with E-state index in [2.05, 4.69) is 0 Å². The summed E-state index contributed by atoms with van der Waals surface area (Å²) in [5.74, 6) is -0.261. The lowest BCUT2D eigenvalue weighted by Crippen LogP contribution is -2.34. The number of hydrogen-bond acceptors (Lipinski definition) is 4. The Bertz CT molecular complexity index is 656. The first-order chi connectivity index (χ1) is 10.0. The highest BCUT2D eigenvalue weighted by Crippen LogP contribution is 2.25. The average molecular weight is 286 g/mol. The molecule has 0 saturated carbocycles. The third-order valence-corrected chi connectivity index (χ3v) is 3.25. The Labute approximate surface area is 123 Å². The number of aliphatic hydroxyl groups is 1. The van der Waals surface area contributed by atoms with E-state index >= 15 is 0 Å². The van der Waals surface area contributed by atoms with Gasteiger partial charge in [-0.1, -0.05) is 18.2 Å². The van der Waals surface area contributed by atoms with Crippen molar-refractivity contribution in [2.45, 2.75) is 6.92 Å². The molecule has 5 nitrogen and oxygen atoms in total. The number of aliphatic hydroxyl groups excluding tert-OH is 1. The van der Waals surface area contributed by atoms with Crippen LogP contribution in [0.15, 0.2) is 42.5 Å². The van der Waals surface area contributed by atoms with Crippen molar-refractivity contribution in [3.05, 3.63) is 53.6 Å². The maximum Gasteiger partial charge on any atom is 0.258 e. The molecule has 0 saturated heterocycles. The number of rotatable bonds is 4. The summed E-state index contributed by atoms with van der Waals surface area (Å²) in [4.78, 5) is 14.0. The van der Waals surface area contributed by atoms with Gasteiger partial charge >= 0.3 is 0 Å². The topological polar surface area (TPSA) is 86.8 Å². The first-order valence-corrected chi connectivity index (χ1v) is 6.61. The number of para-hydroxylation sites is 2. The number of phenolic OH excluding ortho intramolecular Hbond substituents is 1. The normalized spacial score (nSPS) is 10.4. The molecule has 0 spiro atoms. The maximum atomic E-state index is 12.6. The van der Waals surface area contributed by atoms with Crippen molar-refractivity contribution < 1.29 is 15.0 Å². The third-order valence-electron chi connectivity index (χ3n) is 3.25. The minimum atomic E-state index is -0.322. The van der Waals surface area contributed by atoms with Gasteiger partial charge in [-0.05, 0) is 36.8 Å². The second kappa shape index (κ2) is 6.28. The predicted molar refractivity (Wildman–Crippen MR) is 82.5 cm³/mol. The highest BCUT2D eigenvalue weighted by Gasteiger charge is 2.19. The van der Waals surface area contributed by atoms with E-state index in [-0.39, 0.29) is 24.8 Å². The molecule has 0 aliphatic heterocycles. The largest absolute Gasteiger partial charge is 0.508 e. The Hall–Kier alpha value is -2.53. The molecule has 0 aromatic heterocycles. The lowest BCUT2D eigenvalue weighted by molar-refractivity contribution is 0.0980. The molecule has 0 atom stereocenters. The van der Waals surface area contributed by atoms with Crippen LogP contribution in [-0.4, -0.2) is 29.3 Å². The summed E-state index contributed by atoms with van der Waals surface area (Å²) < 4.78 is 0. The van der Waals surface area contributed by atoms with Crippen LogP contribution >= 0.6 is 0 Å². The summed E-state index contributed by atoms with van der Waals surface area (Å²) in [5.41, 5.74) is 7.93. The Morgan fingerprint density at radius 2 is 1.95 bits per heavy atom. The summed E-state index contributed by atoms with van der Waals surface area (Å²) in [6, 6.07) is 11.7. The molecule has 0 bridgehead atoms. The SMILES string of the molecule is Cc1ccc(C(=O)N(CCO)c2ccccc2N)cc1O. The molecule has 4 N–H and O–H groups in total. The van der Waals surface area contributed by atoms with Crippen LogP contribution in [-0.2, 0) is 0 Å². The Balaban J connectivity index is 2.40. The van der Waals surface area contributed by atoms with Gasteiger partial charge in [0.25, 0.3) is 5.91 Å². The molecule has 0 fully saturated rings. The van der Waals surface area contributed by atoms with Crippen molar-refractivity contribution in [2.24, 2.45) is 0 Å². The van der Waals surface area contributed by atoms with Crippen LogP contribution in [0.1, 0.15) is 15.9 Å². The van der Waals surface area contributed by atoms with E-state index < -0.39 is 0 Å². The number of anilines is 2. The van der Waals surface area contributed by atoms with E-state index in [0.29, 0.717) is 22.5 Å². The van der Waals surface area contributed by atoms with Crippen LogP contribution in [0.25, 0.3) is 0 Å². The molecule has 21 heavy (non-hydrogen) atoms. The van der Waals surface area contributed by atoms with Gasteiger partial charge in [0.05, 0.1) is 18.0 Å². The van der Waals surface area contributed by atoms with Gasteiger partial charge in [0.2, 0.25) is 0 Å². The quantitative estimate of drug-likeness (QED) is 0.749. The zero-order chi connectivity index (χ0) is 15.4. The lowest BCUT2D eigenvalue weighted by atomic mass is 10.1. The van der Waals surface area contributed by atoms with E-state index in [1.807, 2.05) is 0 Å². The van der Waals surface area contributed by atoms with Crippen LogP contribution in [0, 0.1) is 6.92 Å². The predicted octanol–water partition coefficient (Wildman–Crippen LogP) is 1.92. The number of carbonyl (C=O) groups is 1. The van der Waals surface area contributed by atoms with Gasteiger partial charge in [0, 0.05) is 12.1 Å². The second-order valence-corrected chi connectivity index (χ2v) is 4.74. The molecular weight excluding hydrogens is 268 g/mol. The molecule has 0 radical (unpaired) electrons. The number of nitrogens with two attached hydrogens (primary N) is 1. The standard InChI is InChI=1S/C16H18N2O3/c1-11-6-7-12(10-15(11)20)16(21)18(8-9-19)14-5-3-2-4-13(14)17/h2-7,10,19-20H,8-9,17H2,1H3. The number of aromatic hydroxyl groups is 1. The molecule has 0 unspecified atom stereocenters. The second-order valence-electron chi connectivity index (χ2n) is 4.74. The number of aryl methyl sites for hydroxylation is 1. The molecule has 5 heteroatoms. The van der Waals surface area contributed by atoms with Crippen LogP contribution in [0.3, 0.4) is 0 Å². The molecule has 0 aliphatic rings. The Morgan fingerprint density at radius 1 is 1.24 bits per heavy atom. The average Bonchev–Trinajstić information content (AvgIpc) is 2.48. The van der Waals surface area contributed by atoms with Gasteiger partial charge in [-0.15, -0.1) is 0 Å². The molecule has 1 amide bonds. The highest BCUT2D eigenvalue weighted by molar-refractivity contribution is 6.07. The van der Waals surface area contributed by atoms with E-state index in [9.17, 15) is 15.0 Å². The Morgan fingerprint density at radius 3 is 2.57 bits per heavy atom. The first kappa shape index (κ1) is 14.9. The van der Waals surface area contributed by atoms with Crippen LogP contribution in [0.2, 0.25) is 0 Å². The van der Waals surface area contributed by atoms with E-state index in [4.69, 9.17) is 5.73 Å². The van der Waals surface area contributed by atoms with E-state index in [1.54, 1.807) is 43.3 Å². The summed E-state index contributed by atoms with van der Waals surface area (Å²) in [6.45, 7) is 1.70. The zero-order valence-corrected chi connectivity index (χ0v) is 11.8. The first-order valence-electron chi connectivity index (χ1n) is 6.61. The van der Waals surface area contributed by atoms with Gasteiger partial charge in [-0.3, -0.25) is 4.79 Å². The minimum absolute atomic E-state index is 0.0610. The van der Waals surface area contributed by atoms with Crippen molar-refractivity contribution in [2.75, 3.05) is 23.8 Å². The molecule has 2 rings (SSSR count). The van der Waals surface area contributed by atoms with Crippen LogP contribution < -0.4 is 10.6 Å². The van der Waals surface area contributed by atoms with Crippen molar-refractivity contribution in [1.29, 1.82) is 0 Å². The number of nitrogen functional groups attached to an aromatic ring is 1. The summed E-state index contributed by atoms with van der Waals surface area (Å²) in [7, 11) is 0. The number of benzene rings is 2. The van der Waals surface area contributed by atoms with Gasteiger partial charge in [0.15, 0.2) is 0 Å². The molecule has 0 aliphatic carbocycles. The summed E-state index contributed by atoms with van der Waals surface area (Å²) in [6.07, 6.45) is 0. The van der Waals surface area contributed by atoms with Crippen molar-refractivity contribution >= 4 is 17.3 Å². The molecule has 2 aromatic rings. The third kappa shape index (κ3) is 3.14. The monoisotopic (exact) mass is 286 g/mol. The van der Waals surface area contributed by atoms with Crippen molar-refractivity contribution in [3.8, 4) is 5.75 Å². The minimum Gasteiger partial charge on any atom is -0.508 e. The number of amides is 1. The van der Waals surface area contributed by atoms with Gasteiger partial charge in [0.1, 0.15) is 5.75 Å². The summed E-state index contributed by atoms with van der Waals surface area (Å²) >= 11 is 0. The zero-order valence-electron chi connectivity index (χ0n) is 11.8. The van der Waals surface area contributed by atoms with Crippen molar-refractivity contribution in [1.82, 2.24) is 0 Å². The van der Waals surface area contributed by atoms with E-state index in [1.165, 1.54) is 11.0 Å². The van der Waals surface area contributed by atoms with E-state index in [0.717, 1.165) is 0 Å². The van der Waals surface area contributed by atoms with Gasteiger partial charge < -0.3 is 20.8 Å². The molecular formula is C16H18N2O3. The molecule has 0 heterocycles.